The molecule has 0 saturated carbocycles. The lowest BCUT2D eigenvalue weighted by Crippen LogP contribution is -2.48. The highest BCUT2D eigenvalue weighted by molar-refractivity contribution is 5.87. The predicted molar refractivity (Wildman–Crippen MR) is 147 cm³/mol. The van der Waals surface area contributed by atoms with Crippen molar-refractivity contribution in [2.24, 2.45) is 0 Å². The Bertz CT molecular complexity index is 1290. The van der Waals surface area contributed by atoms with Gasteiger partial charge >= 0.3 is 0 Å². The Morgan fingerprint density at radius 1 is 1.03 bits per heavy atom. The molecule has 0 radical (unpaired) electrons. The van der Waals surface area contributed by atoms with Gasteiger partial charge in [0.1, 0.15) is 0 Å². The summed E-state index contributed by atoms with van der Waals surface area (Å²) < 4.78 is 5.16. The van der Waals surface area contributed by atoms with E-state index in [1.807, 2.05) is 35.0 Å². The standard InChI is InChI=1S/C29H38N6O3/c1-6-7-8-13-30-27(36)18-34(26-15-23(12-10-21(26)3)29-31-22(4)38-32-29)19-28(37)33(5)35-16-24-11-9-20(2)14-25(24)17-35/h9-12,14-15H,6-8,13,16-19H2,1-5H3,(H,30,36). The molecule has 0 saturated heterocycles. The van der Waals surface area contributed by atoms with Gasteiger partial charge in [-0.15, -0.1) is 0 Å². The van der Waals surface area contributed by atoms with Crippen molar-refractivity contribution in [1.82, 2.24) is 25.5 Å². The number of fused-ring (bicyclic) bond motifs is 1. The zero-order valence-corrected chi connectivity index (χ0v) is 23.1. The number of likely N-dealkylation sites (N-methyl/N-ethyl adjacent to an activating group) is 1. The van der Waals surface area contributed by atoms with Crippen LogP contribution >= 0.6 is 0 Å². The maximum absolute atomic E-state index is 13.6. The van der Waals surface area contributed by atoms with Crippen LogP contribution < -0.4 is 10.2 Å². The number of hydrazine groups is 1. The second-order valence-electron chi connectivity index (χ2n) is 10.1. The fourth-order valence-corrected chi connectivity index (χ4v) is 4.70. The van der Waals surface area contributed by atoms with Gasteiger partial charge in [0, 0.05) is 44.9 Å². The van der Waals surface area contributed by atoms with Gasteiger partial charge in [-0.2, -0.15) is 4.98 Å². The molecular weight excluding hydrogens is 480 g/mol. The number of anilines is 1. The zero-order chi connectivity index (χ0) is 27.2. The minimum absolute atomic E-state index is 0.0559. The molecule has 0 bridgehead atoms. The van der Waals surface area contributed by atoms with E-state index in [2.05, 4.69) is 47.5 Å². The lowest BCUT2D eigenvalue weighted by molar-refractivity contribution is -0.145. The molecule has 1 aliphatic heterocycles. The fourth-order valence-electron chi connectivity index (χ4n) is 4.70. The number of aryl methyl sites for hydroxylation is 3. The number of aromatic nitrogens is 2. The highest BCUT2D eigenvalue weighted by Gasteiger charge is 2.27. The molecule has 2 aromatic carbocycles. The Kier molecular flexibility index (Phi) is 8.78. The molecule has 2 heterocycles. The molecule has 0 fully saturated rings. The largest absolute Gasteiger partial charge is 0.355 e. The van der Waals surface area contributed by atoms with Gasteiger partial charge in [0.25, 0.3) is 5.91 Å². The van der Waals surface area contributed by atoms with E-state index in [0.29, 0.717) is 31.3 Å². The quantitative estimate of drug-likeness (QED) is 0.381. The summed E-state index contributed by atoms with van der Waals surface area (Å²) in [5.74, 6) is 0.750. The number of rotatable bonds is 11. The van der Waals surface area contributed by atoms with Crippen LogP contribution in [0.15, 0.2) is 40.9 Å². The van der Waals surface area contributed by atoms with E-state index in [9.17, 15) is 9.59 Å². The molecule has 0 atom stereocenters. The van der Waals surface area contributed by atoms with Crippen LogP contribution in [0.2, 0.25) is 0 Å². The Hall–Kier alpha value is -3.72. The average molecular weight is 519 g/mol. The number of hydrogen-bond donors (Lipinski definition) is 1. The molecule has 202 valence electrons. The lowest BCUT2D eigenvalue weighted by Gasteiger charge is -2.32. The van der Waals surface area contributed by atoms with E-state index in [4.69, 9.17) is 4.52 Å². The minimum Gasteiger partial charge on any atom is -0.355 e. The maximum Gasteiger partial charge on any atom is 0.256 e. The summed E-state index contributed by atoms with van der Waals surface area (Å²) in [6, 6.07) is 12.2. The second-order valence-corrected chi connectivity index (χ2v) is 10.1. The molecule has 0 unspecified atom stereocenters. The number of nitrogens with one attached hydrogen (secondary N) is 1. The molecule has 1 aliphatic rings. The molecule has 0 spiro atoms. The summed E-state index contributed by atoms with van der Waals surface area (Å²) in [5, 5.41) is 10.8. The summed E-state index contributed by atoms with van der Waals surface area (Å²) in [6.07, 6.45) is 3.09. The van der Waals surface area contributed by atoms with Crippen LogP contribution in [0.3, 0.4) is 0 Å². The van der Waals surface area contributed by atoms with Crippen molar-refractivity contribution in [3.05, 3.63) is 64.5 Å². The minimum atomic E-state index is -0.110. The number of carbonyl (C=O) groups excluding carboxylic acids is 2. The first-order valence-corrected chi connectivity index (χ1v) is 13.3. The average Bonchev–Trinajstić information content (AvgIpc) is 3.52. The third-order valence-electron chi connectivity index (χ3n) is 6.95. The number of benzene rings is 2. The molecular formula is C29H38N6O3. The predicted octanol–water partition coefficient (Wildman–Crippen LogP) is 4.16. The van der Waals surface area contributed by atoms with Crippen molar-refractivity contribution >= 4 is 17.5 Å². The van der Waals surface area contributed by atoms with Crippen molar-refractivity contribution in [3.8, 4) is 11.4 Å². The van der Waals surface area contributed by atoms with Crippen molar-refractivity contribution < 1.29 is 14.1 Å². The van der Waals surface area contributed by atoms with Gasteiger partial charge in [-0.05, 0) is 43.0 Å². The number of hydrogen-bond acceptors (Lipinski definition) is 7. The maximum atomic E-state index is 13.6. The first kappa shape index (κ1) is 27.3. The third-order valence-corrected chi connectivity index (χ3v) is 6.95. The van der Waals surface area contributed by atoms with E-state index < -0.39 is 0 Å². The molecule has 1 aromatic heterocycles. The molecule has 9 nitrogen and oxygen atoms in total. The van der Waals surface area contributed by atoms with Gasteiger partial charge in [-0.1, -0.05) is 60.8 Å². The van der Waals surface area contributed by atoms with E-state index in [1.165, 1.54) is 16.7 Å². The summed E-state index contributed by atoms with van der Waals surface area (Å²) in [6.45, 7) is 10.0. The van der Waals surface area contributed by atoms with Crippen LogP contribution in [-0.4, -0.2) is 58.7 Å². The first-order valence-electron chi connectivity index (χ1n) is 13.3. The van der Waals surface area contributed by atoms with Gasteiger partial charge in [-0.25, -0.2) is 5.01 Å². The Morgan fingerprint density at radius 3 is 2.55 bits per heavy atom. The lowest BCUT2D eigenvalue weighted by atomic mass is 10.1. The van der Waals surface area contributed by atoms with Crippen LogP contribution in [0.1, 0.15) is 54.3 Å². The monoisotopic (exact) mass is 518 g/mol. The Morgan fingerprint density at radius 2 is 1.82 bits per heavy atom. The van der Waals surface area contributed by atoms with Crippen LogP contribution in [0, 0.1) is 20.8 Å². The SMILES string of the molecule is CCCCCNC(=O)CN(CC(=O)N(C)N1Cc2ccc(C)cc2C1)c1cc(-c2noc(C)n2)ccc1C. The van der Waals surface area contributed by atoms with E-state index >= 15 is 0 Å². The van der Waals surface area contributed by atoms with Crippen LogP contribution in [0.4, 0.5) is 5.69 Å². The van der Waals surface area contributed by atoms with Gasteiger partial charge in [0.2, 0.25) is 17.6 Å². The fraction of sp³-hybridized carbons (Fsp3) is 0.448. The van der Waals surface area contributed by atoms with Gasteiger partial charge in [-0.3, -0.25) is 14.6 Å². The van der Waals surface area contributed by atoms with Crippen molar-refractivity contribution in [2.75, 3.05) is 31.6 Å². The number of unbranched alkanes of at least 4 members (excludes halogenated alkanes) is 2. The van der Waals surface area contributed by atoms with E-state index in [-0.39, 0.29) is 24.9 Å². The van der Waals surface area contributed by atoms with Crippen LogP contribution in [0.25, 0.3) is 11.4 Å². The van der Waals surface area contributed by atoms with Gasteiger partial charge in [0.15, 0.2) is 0 Å². The molecule has 0 aliphatic carbocycles. The number of nitrogens with zero attached hydrogens (tertiary/aromatic N) is 5. The summed E-state index contributed by atoms with van der Waals surface area (Å²) >= 11 is 0. The van der Waals surface area contributed by atoms with E-state index in [0.717, 1.165) is 36.1 Å². The van der Waals surface area contributed by atoms with Crippen molar-refractivity contribution in [2.45, 2.75) is 60.0 Å². The topological polar surface area (TPSA) is 94.8 Å². The number of amides is 2. The van der Waals surface area contributed by atoms with Crippen LogP contribution in [0.5, 0.6) is 0 Å². The van der Waals surface area contributed by atoms with Gasteiger partial charge < -0.3 is 14.7 Å². The Balaban J connectivity index is 1.53. The number of carbonyl (C=O) groups is 2. The highest BCUT2D eigenvalue weighted by atomic mass is 16.5. The first-order chi connectivity index (χ1) is 18.2. The third kappa shape index (κ3) is 6.58. The van der Waals surface area contributed by atoms with Gasteiger partial charge in [0.05, 0.1) is 13.1 Å². The summed E-state index contributed by atoms with van der Waals surface area (Å²) in [4.78, 5) is 32.7. The smallest absolute Gasteiger partial charge is 0.256 e. The molecule has 9 heteroatoms. The molecule has 3 aromatic rings. The molecule has 4 rings (SSSR count). The molecule has 1 N–H and O–H groups in total. The van der Waals surface area contributed by atoms with Crippen molar-refractivity contribution in [3.63, 3.8) is 0 Å². The normalized spacial score (nSPS) is 12.9. The summed E-state index contributed by atoms with van der Waals surface area (Å²) in [5.41, 5.74) is 6.19. The Labute approximate surface area is 224 Å². The second kappa shape index (κ2) is 12.2. The zero-order valence-electron chi connectivity index (χ0n) is 23.1. The highest BCUT2D eigenvalue weighted by Crippen LogP contribution is 2.28. The summed E-state index contributed by atoms with van der Waals surface area (Å²) in [7, 11) is 1.80. The van der Waals surface area contributed by atoms with Crippen LogP contribution in [-0.2, 0) is 22.7 Å². The van der Waals surface area contributed by atoms with Crippen molar-refractivity contribution in [1.29, 1.82) is 0 Å². The molecule has 38 heavy (non-hydrogen) atoms. The van der Waals surface area contributed by atoms with E-state index in [1.54, 1.807) is 19.0 Å². The molecule has 2 amide bonds.